The van der Waals surface area contributed by atoms with Crippen LogP contribution < -0.4 is 11.5 Å². The number of hydrogen-bond donors (Lipinski definition) is 3. The molecule has 3 aliphatic rings. The van der Waals surface area contributed by atoms with Crippen molar-refractivity contribution in [3.63, 3.8) is 0 Å². The fourth-order valence-corrected chi connectivity index (χ4v) is 10.2. The van der Waals surface area contributed by atoms with E-state index in [1.807, 2.05) is 82.8 Å². The summed E-state index contributed by atoms with van der Waals surface area (Å²) in [4.78, 5) is 52.2. The molecule has 15 heteroatoms. The van der Waals surface area contributed by atoms with Gasteiger partial charge in [-0.15, -0.1) is 0 Å². The van der Waals surface area contributed by atoms with E-state index in [0.717, 1.165) is 116 Å². The van der Waals surface area contributed by atoms with Gasteiger partial charge in [-0.25, -0.2) is 4.79 Å². The van der Waals surface area contributed by atoms with Crippen LogP contribution in [0.4, 0.5) is 0 Å². The van der Waals surface area contributed by atoms with E-state index in [0.29, 0.717) is 53.1 Å². The van der Waals surface area contributed by atoms with Gasteiger partial charge in [0.2, 0.25) is 0 Å². The van der Waals surface area contributed by atoms with Crippen LogP contribution in [-0.2, 0) is 17.8 Å². The Morgan fingerprint density at radius 1 is 0.627 bits per heavy atom. The van der Waals surface area contributed by atoms with E-state index in [-0.39, 0.29) is 23.7 Å². The second kappa shape index (κ2) is 16.6. The number of aromatic nitrogens is 4. The van der Waals surface area contributed by atoms with Gasteiger partial charge in [0.15, 0.2) is 0 Å². The largest absolute Gasteiger partial charge is 0.478 e. The van der Waals surface area contributed by atoms with Crippen molar-refractivity contribution in [2.24, 2.45) is 23.3 Å². The molecule has 0 spiro atoms. The molecule has 0 bridgehead atoms. The Kier molecular flexibility index (Phi) is 10.8. The molecular weight excluding hydrogens is 851 g/mol. The third-order valence-electron chi connectivity index (χ3n) is 13.6. The molecule has 5 N–H and O–H groups in total. The Hall–Kier alpha value is -7.26. The number of carboxylic acid groups (broad SMARTS) is 1. The zero-order chi connectivity index (χ0) is 47.2. The van der Waals surface area contributed by atoms with Gasteiger partial charge in [0.25, 0.3) is 17.7 Å². The first-order valence-electron chi connectivity index (χ1n) is 22.9. The maximum atomic E-state index is 13.5. The highest BCUT2D eigenvalue weighted by Crippen LogP contribution is 2.42. The van der Waals surface area contributed by atoms with Crippen LogP contribution in [0.1, 0.15) is 104 Å². The van der Waals surface area contributed by atoms with Crippen molar-refractivity contribution < 1.29 is 38.1 Å². The normalized spacial score (nSPS) is 17.4. The number of benzene rings is 4. The van der Waals surface area contributed by atoms with Crippen molar-refractivity contribution in [3.05, 3.63) is 106 Å². The van der Waals surface area contributed by atoms with Crippen molar-refractivity contribution in [2.75, 3.05) is 13.1 Å². The summed E-state index contributed by atoms with van der Waals surface area (Å²) in [6.07, 6.45) is 4.57. The molecule has 4 aromatic carbocycles. The predicted octanol–water partition coefficient (Wildman–Crippen LogP) is 9.10. The lowest BCUT2D eigenvalue weighted by atomic mass is 9.97. The molecule has 8 aromatic rings. The summed E-state index contributed by atoms with van der Waals surface area (Å²) in [5.41, 5.74) is 21.7. The Balaban J connectivity index is 0.000000160. The lowest BCUT2D eigenvalue weighted by Gasteiger charge is -2.35. The zero-order valence-electron chi connectivity index (χ0n) is 38.4. The third kappa shape index (κ3) is 7.90. The number of rotatable bonds is 10. The van der Waals surface area contributed by atoms with Gasteiger partial charge in [0.05, 0.1) is 51.3 Å². The van der Waals surface area contributed by atoms with Gasteiger partial charge in [0.1, 0.15) is 11.5 Å². The van der Waals surface area contributed by atoms with Crippen molar-refractivity contribution in [2.45, 2.75) is 92.5 Å². The molecule has 2 saturated carbocycles. The molecule has 11 rings (SSSR count). The van der Waals surface area contributed by atoms with Crippen LogP contribution in [0.15, 0.2) is 69.7 Å². The van der Waals surface area contributed by atoms with E-state index in [4.69, 9.17) is 25.3 Å². The third-order valence-corrected chi connectivity index (χ3v) is 13.6. The summed E-state index contributed by atoms with van der Waals surface area (Å²) in [5.74, 6) is 0.457. The van der Waals surface area contributed by atoms with Crippen LogP contribution in [0, 0.1) is 39.5 Å². The highest BCUT2D eigenvalue weighted by atomic mass is 16.5. The summed E-state index contributed by atoms with van der Waals surface area (Å²) in [6.45, 7) is 14.1. The molecule has 3 fully saturated rings. The van der Waals surface area contributed by atoms with Crippen LogP contribution >= 0.6 is 0 Å². The lowest BCUT2D eigenvalue weighted by molar-refractivity contribution is -0.0586. The number of ether oxygens (including phenoxy) is 1. The summed E-state index contributed by atoms with van der Waals surface area (Å²) >= 11 is 0. The fourth-order valence-electron chi connectivity index (χ4n) is 10.2. The van der Waals surface area contributed by atoms with Gasteiger partial charge >= 0.3 is 5.97 Å². The maximum absolute atomic E-state index is 13.5. The van der Waals surface area contributed by atoms with Crippen LogP contribution in [0.5, 0.6) is 0 Å². The predicted molar refractivity (Wildman–Crippen MR) is 254 cm³/mol. The van der Waals surface area contributed by atoms with Crippen molar-refractivity contribution in [1.29, 1.82) is 0 Å². The number of primary amides is 2. The van der Waals surface area contributed by atoms with Crippen LogP contribution in [0.3, 0.4) is 0 Å². The Bertz CT molecular complexity index is 3310. The standard InChI is InChI=1S/C29H32N4O4.C23H21N3O4/c1-15-12-32(13-16(2)36-15)29(35)20-7-8-22-23-9-21(26-17(3)31-37-18(26)4)10-24(28(30)34)27(23)33(25(22)11-20)14-19-5-6-19;1-11-20(12(2)30-25-11)15-7-17-16-6-5-14(23(28)29)9-19(16)26(10-13-3-4-13)21(17)18(8-15)22(24)27/h7-11,15-16,19H,5-6,12-14H2,1-4H3,(H2,30,34);5-9,13H,3-4,10H2,1-2H3,(H2,24,27)(H,28,29)/t15-,16+;. The molecule has 2 atom stereocenters. The summed E-state index contributed by atoms with van der Waals surface area (Å²) in [7, 11) is 0. The Morgan fingerprint density at radius 3 is 1.45 bits per heavy atom. The monoisotopic (exact) mass is 903 g/mol. The number of carbonyl (C=O) groups excluding carboxylic acids is 3. The van der Waals surface area contributed by atoms with Gasteiger partial charge in [-0.2, -0.15) is 0 Å². The zero-order valence-corrected chi connectivity index (χ0v) is 38.4. The highest BCUT2D eigenvalue weighted by Gasteiger charge is 2.31. The van der Waals surface area contributed by atoms with E-state index >= 15 is 0 Å². The first-order chi connectivity index (χ1) is 32.1. The number of hydrogen-bond acceptors (Lipinski definition) is 9. The van der Waals surface area contributed by atoms with Crippen LogP contribution in [0.25, 0.3) is 65.9 Å². The van der Waals surface area contributed by atoms with Gasteiger partial charge in [-0.1, -0.05) is 22.4 Å². The molecule has 4 aromatic heterocycles. The molecule has 0 radical (unpaired) electrons. The number of fused-ring (bicyclic) bond motifs is 6. The van der Waals surface area contributed by atoms with Crippen molar-refractivity contribution >= 4 is 67.3 Å². The molecule has 1 aliphatic heterocycles. The van der Waals surface area contributed by atoms with Gasteiger partial charge in [-0.3, -0.25) is 14.4 Å². The van der Waals surface area contributed by atoms with Crippen molar-refractivity contribution in [3.8, 4) is 22.3 Å². The number of morpholine rings is 1. The highest BCUT2D eigenvalue weighted by molar-refractivity contribution is 6.19. The first-order valence-corrected chi connectivity index (χ1v) is 22.9. The van der Waals surface area contributed by atoms with Crippen molar-refractivity contribution in [1.82, 2.24) is 24.3 Å². The molecule has 1 saturated heterocycles. The number of nitrogens with zero attached hydrogens (tertiary/aromatic N) is 5. The SMILES string of the molecule is Cc1noc(C)c1-c1cc(C(N)=O)c2c(c1)c1ccc(C(=O)N3C[C@@H](C)O[C@@H](C)C3)cc1n2CC1CC1.Cc1noc(C)c1-c1cc(C(N)=O)c2c(c1)c1ccc(C(=O)O)cc1n2CC1CC1. The lowest BCUT2D eigenvalue weighted by Crippen LogP contribution is -2.48. The quantitative estimate of drug-likeness (QED) is 0.118. The molecule has 344 valence electrons. The van der Waals surface area contributed by atoms with E-state index in [2.05, 4.69) is 25.5 Å². The van der Waals surface area contributed by atoms with E-state index in [1.54, 1.807) is 18.2 Å². The molecule has 3 amide bonds. The average molecular weight is 904 g/mol. The molecule has 0 unspecified atom stereocenters. The molecule has 2 aliphatic carbocycles. The molecule has 15 nitrogen and oxygen atoms in total. The smallest absolute Gasteiger partial charge is 0.335 e. The van der Waals surface area contributed by atoms with Gasteiger partial charge in [-0.05, 0) is 139 Å². The number of carbonyl (C=O) groups is 4. The number of nitrogens with two attached hydrogens (primary N) is 2. The Morgan fingerprint density at radius 2 is 1.06 bits per heavy atom. The molecular formula is C52H53N7O8. The minimum absolute atomic E-state index is 0.00124. The minimum atomic E-state index is -0.980. The van der Waals surface area contributed by atoms with E-state index in [1.165, 1.54) is 0 Å². The molecule has 67 heavy (non-hydrogen) atoms. The van der Waals surface area contributed by atoms with Gasteiger partial charge < -0.3 is 44.4 Å². The maximum Gasteiger partial charge on any atom is 0.335 e. The summed E-state index contributed by atoms with van der Waals surface area (Å²) in [5, 5.41) is 21.3. The topological polar surface area (TPSA) is 215 Å². The van der Waals surface area contributed by atoms with E-state index in [9.17, 15) is 24.3 Å². The number of aryl methyl sites for hydroxylation is 4. The molecule has 5 heterocycles. The van der Waals surface area contributed by atoms with Crippen LogP contribution in [-0.4, -0.2) is 78.4 Å². The number of carboxylic acids is 1. The second-order valence-corrected chi connectivity index (χ2v) is 18.8. The second-order valence-electron chi connectivity index (χ2n) is 18.8. The number of aromatic carboxylic acids is 1. The number of amides is 3. The summed E-state index contributed by atoms with van der Waals surface area (Å²) < 4.78 is 20.8. The minimum Gasteiger partial charge on any atom is -0.478 e. The first kappa shape index (κ1) is 43.6. The Labute approximate surface area is 385 Å². The van der Waals surface area contributed by atoms with E-state index < -0.39 is 17.8 Å². The van der Waals surface area contributed by atoms with Crippen LogP contribution in [0.2, 0.25) is 0 Å². The van der Waals surface area contributed by atoms with Gasteiger partial charge in [0, 0.05) is 75.4 Å². The average Bonchev–Trinajstić information content (AvgIpc) is 4.19. The summed E-state index contributed by atoms with van der Waals surface area (Å²) in [6, 6.07) is 18.7. The fraction of sp³-hybridized carbons (Fsp3) is 0.346.